The molecule has 1 aliphatic heterocycles. The number of hydrogen-bond acceptors (Lipinski definition) is 4. The van der Waals surface area contributed by atoms with E-state index in [1.807, 2.05) is 6.07 Å². The lowest BCUT2D eigenvalue weighted by atomic mass is 10.1. The maximum absolute atomic E-state index is 11.8. The van der Waals surface area contributed by atoms with Gasteiger partial charge in [-0.1, -0.05) is 36.4 Å². The third kappa shape index (κ3) is 4.58. The van der Waals surface area contributed by atoms with Crippen LogP contribution in [0.25, 0.3) is 11.0 Å². The number of H-pyrrole nitrogens is 1. The van der Waals surface area contributed by atoms with Crippen LogP contribution in [0.5, 0.6) is 0 Å². The number of carboxylic acid groups (broad SMARTS) is 1. The van der Waals surface area contributed by atoms with E-state index in [1.54, 1.807) is 12.1 Å². The molecule has 0 radical (unpaired) electrons. The second-order valence-electron chi connectivity index (χ2n) is 7.57. The first-order valence-corrected chi connectivity index (χ1v) is 10.1. The van der Waals surface area contributed by atoms with Crippen molar-refractivity contribution in [1.29, 1.82) is 0 Å². The summed E-state index contributed by atoms with van der Waals surface area (Å²) in [6.07, 6.45) is 0.659. The van der Waals surface area contributed by atoms with Crippen LogP contribution in [-0.4, -0.2) is 69.8 Å². The second-order valence-corrected chi connectivity index (χ2v) is 7.57. The molecule has 1 fully saturated rings. The van der Waals surface area contributed by atoms with Crippen molar-refractivity contribution in [2.75, 3.05) is 39.3 Å². The van der Waals surface area contributed by atoms with Gasteiger partial charge in [-0.3, -0.25) is 0 Å². The van der Waals surface area contributed by atoms with Crippen LogP contribution in [0.15, 0.2) is 53.3 Å². The van der Waals surface area contributed by atoms with E-state index in [4.69, 9.17) is 0 Å². The van der Waals surface area contributed by atoms with Gasteiger partial charge in [0.2, 0.25) is 0 Å². The predicted octanol–water partition coefficient (Wildman–Crippen LogP) is 2.26. The number of aromatic amines is 1. The molecule has 1 aromatic heterocycles. The van der Waals surface area contributed by atoms with E-state index in [1.165, 1.54) is 5.56 Å². The SMILES string of the molecule is O=C(O)n1c(=O)[nH]c2ccc(CCN3CCN(CCc4ccccc4)CC3)cc21. The van der Waals surface area contributed by atoms with Crippen LogP contribution in [-0.2, 0) is 12.8 Å². The lowest BCUT2D eigenvalue weighted by Gasteiger charge is -2.34. The Labute approximate surface area is 169 Å². The average Bonchev–Trinajstić information content (AvgIpc) is 3.07. The van der Waals surface area contributed by atoms with E-state index >= 15 is 0 Å². The third-order valence-corrected chi connectivity index (χ3v) is 5.68. The molecule has 7 nitrogen and oxygen atoms in total. The maximum atomic E-state index is 11.8. The zero-order chi connectivity index (χ0) is 20.2. The van der Waals surface area contributed by atoms with Gasteiger partial charge in [-0.15, -0.1) is 0 Å². The van der Waals surface area contributed by atoms with Crippen molar-refractivity contribution in [3.05, 3.63) is 70.1 Å². The number of piperazine rings is 1. The standard InChI is InChI=1S/C22H26N4O3/c27-21-23-19-7-6-18(16-20(19)26(21)22(28)29)9-11-25-14-12-24(13-15-25)10-8-17-4-2-1-3-5-17/h1-7,16H,8-15H2,(H,23,27)(H,28,29). The Balaban J connectivity index is 1.28. The van der Waals surface area contributed by atoms with Gasteiger partial charge >= 0.3 is 11.8 Å². The fourth-order valence-electron chi connectivity index (χ4n) is 3.95. The maximum Gasteiger partial charge on any atom is 0.420 e. The smallest absolute Gasteiger partial charge is 0.420 e. The largest absolute Gasteiger partial charge is 0.464 e. The van der Waals surface area contributed by atoms with Crippen molar-refractivity contribution in [2.45, 2.75) is 12.8 Å². The third-order valence-electron chi connectivity index (χ3n) is 5.68. The summed E-state index contributed by atoms with van der Waals surface area (Å²) in [6.45, 7) is 6.25. The molecule has 2 N–H and O–H groups in total. The van der Waals surface area contributed by atoms with Crippen molar-refractivity contribution in [1.82, 2.24) is 19.4 Å². The number of hydrogen-bond donors (Lipinski definition) is 2. The normalized spacial score (nSPS) is 15.7. The van der Waals surface area contributed by atoms with Gasteiger partial charge in [0, 0.05) is 39.3 Å². The summed E-state index contributed by atoms with van der Waals surface area (Å²) in [5.41, 5.74) is 2.78. The van der Waals surface area contributed by atoms with Gasteiger partial charge in [0.25, 0.3) is 0 Å². The molecule has 0 unspecified atom stereocenters. The molecule has 0 spiro atoms. The quantitative estimate of drug-likeness (QED) is 0.670. The lowest BCUT2D eigenvalue weighted by molar-refractivity contribution is 0.134. The summed E-state index contributed by atoms with van der Waals surface area (Å²) in [6, 6.07) is 16.1. The van der Waals surface area contributed by atoms with Crippen molar-refractivity contribution in [3.63, 3.8) is 0 Å². The Kier molecular flexibility index (Phi) is 5.78. The van der Waals surface area contributed by atoms with Gasteiger partial charge in [0.1, 0.15) is 0 Å². The van der Waals surface area contributed by atoms with Gasteiger partial charge in [0.15, 0.2) is 0 Å². The Hall–Kier alpha value is -2.90. The fourth-order valence-corrected chi connectivity index (χ4v) is 3.95. The minimum atomic E-state index is -1.26. The molecular weight excluding hydrogens is 368 g/mol. The Morgan fingerprint density at radius 2 is 1.52 bits per heavy atom. The van der Waals surface area contributed by atoms with Gasteiger partial charge in [0.05, 0.1) is 11.0 Å². The molecule has 2 heterocycles. The molecule has 29 heavy (non-hydrogen) atoms. The van der Waals surface area contributed by atoms with Crippen molar-refractivity contribution in [3.8, 4) is 0 Å². The molecule has 7 heteroatoms. The van der Waals surface area contributed by atoms with Crippen LogP contribution in [0.1, 0.15) is 11.1 Å². The Morgan fingerprint density at radius 3 is 2.14 bits per heavy atom. The Bertz CT molecular complexity index is 1030. The number of nitrogens with zero attached hydrogens (tertiary/aromatic N) is 3. The molecule has 3 aromatic rings. The van der Waals surface area contributed by atoms with E-state index in [2.05, 4.69) is 45.1 Å². The molecular formula is C22H26N4O3. The van der Waals surface area contributed by atoms with Crippen LogP contribution < -0.4 is 5.69 Å². The highest BCUT2D eigenvalue weighted by molar-refractivity contribution is 5.85. The molecule has 1 aliphatic rings. The summed E-state index contributed by atoms with van der Waals surface area (Å²) in [5, 5.41) is 9.25. The Morgan fingerprint density at radius 1 is 0.897 bits per heavy atom. The molecule has 1 saturated heterocycles. The second kappa shape index (κ2) is 8.63. The number of rotatable bonds is 6. The predicted molar refractivity (Wildman–Crippen MR) is 113 cm³/mol. The van der Waals surface area contributed by atoms with Crippen molar-refractivity contribution in [2.24, 2.45) is 0 Å². The van der Waals surface area contributed by atoms with Crippen molar-refractivity contribution >= 4 is 17.1 Å². The first-order valence-electron chi connectivity index (χ1n) is 10.1. The van der Waals surface area contributed by atoms with Crippen LogP contribution in [0.2, 0.25) is 0 Å². The van der Waals surface area contributed by atoms with Gasteiger partial charge in [-0.05, 0) is 36.1 Å². The zero-order valence-corrected chi connectivity index (χ0v) is 16.4. The minimum absolute atomic E-state index is 0.422. The monoisotopic (exact) mass is 394 g/mol. The molecule has 4 rings (SSSR count). The van der Waals surface area contributed by atoms with Crippen LogP contribution in [0.4, 0.5) is 4.79 Å². The first kappa shape index (κ1) is 19.4. The van der Waals surface area contributed by atoms with Crippen LogP contribution in [0, 0.1) is 0 Å². The highest BCUT2D eigenvalue weighted by Gasteiger charge is 2.17. The summed E-state index contributed by atoms with van der Waals surface area (Å²) < 4.78 is 0.768. The van der Waals surface area contributed by atoms with Gasteiger partial charge in [-0.2, -0.15) is 4.57 Å². The average molecular weight is 394 g/mol. The van der Waals surface area contributed by atoms with Crippen molar-refractivity contribution < 1.29 is 9.90 Å². The molecule has 152 valence electrons. The number of fused-ring (bicyclic) bond motifs is 1. The van der Waals surface area contributed by atoms with E-state index in [0.29, 0.717) is 11.0 Å². The molecule has 0 amide bonds. The molecule has 2 aromatic carbocycles. The number of benzene rings is 2. The van der Waals surface area contributed by atoms with Crippen LogP contribution in [0.3, 0.4) is 0 Å². The highest BCUT2D eigenvalue weighted by Crippen LogP contribution is 2.14. The van der Waals surface area contributed by atoms with Gasteiger partial charge < -0.3 is 19.9 Å². The lowest BCUT2D eigenvalue weighted by Crippen LogP contribution is -2.47. The highest BCUT2D eigenvalue weighted by atomic mass is 16.4. The molecule has 0 atom stereocenters. The zero-order valence-electron chi connectivity index (χ0n) is 16.4. The van der Waals surface area contributed by atoms with E-state index < -0.39 is 11.8 Å². The number of nitrogens with one attached hydrogen (secondary N) is 1. The first-order chi connectivity index (χ1) is 14.1. The number of aromatic nitrogens is 2. The minimum Gasteiger partial charge on any atom is -0.464 e. The van der Waals surface area contributed by atoms with E-state index in [-0.39, 0.29) is 0 Å². The van der Waals surface area contributed by atoms with Gasteiger partial charge in [-0.25, -0.2) is 9.59 Å². The number of imidazole rings is 1. The molecule has 0 aliphatic carbocycles. The van der Waals surface area contributed by atoms with E-state index in [9.17, 15) is 14.7 Å². The van der Waals surface area contributed by atoms with E-state index in [0.717, 1.165) is 62.2 Å². The topological polar surface area (TPSA) is 81.6 Å². The molecule has 0 saturated carbocycles. The fraction of sp³-hybridized carbons (Fsp3) is 0.364. The molecule has 0 bridgehead atoms. The number of carbonyl (C=O) groups is 1. The summed E-state index contributed by atoms with van der Waals surface area (Å²) in [7, 11) is 0. The van der Waals surface area contributed by atoms with Crippen LogP contribution >= 0.6 is 0 Å². The summed E-state index contributed by atoms with van der Waals surface area (Å²) >= 11 is 0. The summed E-state index contributed by atoms with van der Waals surface area (Å²) in [4.78, 5) is 30.6. The summed E-state index contributed by atoms with van der Waals surface area (Å²) in [5.74, 6) is 0.